The third-order valence-electron chi connectivity index (χ3n) is 3.48. The van der Waals surface area contributed by atoms with Crippen LogP contribution in [0.5, 0.6) is 0 Å². The van der Waals surface area contributed by atoms with Gasteiger partial charge < -0.3 is 10.0 Å². The number of aliphatic hydroxyl groups excluding tert-OH is 1. The summed E-state index contributed by atoms with van der Waals surface area (Å²) < 4.78 is 24.8. The summed E-state index contributed by atoms with van der Waals surface area (Å²) in [7, 11) is 0. The molecule has 1 N–H and O–H groups in total. The summed E-state index contributed by atoms with van der Waals surface area (Å²) in [5.74, 6) is 0.0564. The van der Waals surface area contributed by atoms with Gasteiger partial charge in [-0.3, -0.25) is 9.69 Å². The molecule has 1 aliphatic heterocycles. The van der Waals surface area contributed by atoms with Crippen LogP contribution in [0.2, 0.25) is 0 Å². The number of alkyl halides is 2. The van der Waals surface area contributed by atoms with Gasteiger partial charge in [0.15, 0.2) is 0 Å². The van der Waals surface area contributed by atoms with E-state index < -0.39 is 12.5 Å². The van der Waals surface area contributed by atoms with Crippen LogP contribution in [-0.2, 0) is 4.79 Å². The predicted octanol–water partition coefficient (Wildman–Crippen LogP) is 0.699. The van der Waals surface area contributed by atoms with Gasteiger partial charge in [0.2, 0.25) is 5.91 Å². The van der Waals surface area contributed by atoms with Crippen molar-refractivity contribution in [2.75, 3.05) is 26.2 Å². The first kappa shape index (κ1) is 13.7. The Labute approximate surface area is 106 Å². The molecule has 1 unspecified atom stereocenters. The Bertz CT molecular complexity index is 298. The highest BCUT2D eigenvalue weighted by atomic mass is 19.3. The number of β-amino-alcohol motifs (C(OH)–C–C–N with tert-alkyl or cyclic N) is 1. The van der Waals surface area contributed by atoms with Crippen LogP contribution in [0.4, 0.5) is 8.78 Å². The molecule has 1 atom stereocenters. The van der Waals surface area contributed by atoms with E-state index in [1.165, 1.54) is 0 Å². The van der Waals surface area contributed by atoms with Crippen molar-refractivity contribution in [2.45, 2.75) is 44.3 Å². The number of rotatable bonds is 7. The van der Waals surface area contributed by atoms with Crippen molar-refractivity contribution in [3.05, 3.63) is 0 Å². The number of halogens is 2. The molecule has 1 saturated heterocycles. The molecule has 0 aromatic rings. The molecule has 0 bridgehead atoms. The number of hydrogen-bond acceptors (Lipinski definition) is 3. The normalized spacial score (nSPS) is 22.3. The van der Waals surface area contributed by atoms with E-state index in [4.69, 9.17) is 0 Å². The Hall–Kier alpha value is -0.750. The average molecular weight is 262 g/mol. The number of amides is 1. The maximum absolute atomic E-state index is 12.4. The Morgan fingerprint density at radius 2 is 2.11 bits per heavy atom. The second kappa shape index (κ2) is 5.93. The van der Waals surface area contributed by atoms with Gasteiger partial charge in [-0.15, -0.1) is 0 Å². The lowest BCUT2D eigenvalue weighted by Gasteiger charge is -2.27. The molecule has 0 aromatic heterocycles. The zero-order chi connectivity index (χ0) is 13.1. The molecular formula is C12H20F2N2O2. The lowest BCUT2D eigenvalue weighted by atomic mass is 10.3. The molecule has 2 fully saturated rings. The summed E-state index contributed by atoms with van der Waals surface area (Å²) >= 11 is 0. The molecule has 104 valence electrons. The van der Waals surface area contributed by atoms with Crippen LogP contribution in [0, 0.1) is 0 Å². The van der Waals surface area contributed by atoms with Crippen molar-refractivity contribution in [3.63, 3.8) is 0 Å². The molecule has 1 amide bonds. The quantitative estimate of drug-likeness (QED) is 0.734. The van der Waals surface area contributed by atoms with Gasteiger partial charge in [-0.2, -0.15) is 0 Å². The van der Waals surface area contributed by atoms with Gasteiger partial charge in [-0.05, 0) is 19.3 Å². The molecule has 2 rings (SSSR count). The third-order valence-corrected chi connectivity index (χ3v) is 3.48. The zero-order valence-electron chi connectivity index (χ0n) is 10.4. The minimum absolute atomic E-state index is 0.0564. The van der Waals surface area contributed by atoms with Crippen LogP contribution in [0.1, 0.15) is 25.7 Å². The van der Waals surface area contributed by atoms with Crippen LogP contribution in [0.25, 0.3) is 0 Å². The first-order chi connectivity index (χ1) is 8.56. The summed E-state index contributed by atoms with van der Waals surface area (Å²) in [6.45, 7) is 0.897. The van der Waals surface area contributed by atoms with Crippen molar-refractivity contribution in [3.8, 4) is 0 Å². The summed E-state index contributed by atoms with van der Waals surface area (Å²) in [6.07, 6.45) is 0.132. The largest absolute Gasteiger partial charge is 0.390 e. The van der Waals surface area contributed by atoms with E-state index in [1.807, 2.05) is 0 Å². The maximum atomic E-state index is 12.4. The SMILES string of the molecule is O=C1CCCN1CC(O)CN(CC(F)F)C1CC1. The molecule has 1 aliphatic carbocycles. The van der Waals surface area contributed by atoms with Crippen LogP contribution >= 0.6 is 0 Å². The molecule has 0 aromatic carbocycles. The fourth-order valence-corrected chi connectivity index (χ4v) is 2.47. The Balaban J connectivity index is 1.77. The highest BCUT2D eigenvalue weighted by Gasteiger charge is 2.32. The van der Waals surface area contributed by atoms with Gasteiger partial charge in [0.05, 0.1) is 12.6 Å². The number of carbonyl (C=O) groups is 1. The van der Waals surface area contributed by atoms with Gasteiger partial charge in [0.25, 0.3) is 6.43 Å². The first-order valence-electron chi connectivity index (χ1n) is 6.54. The first-order valence-corrected chi connectivity index (χ1v) is 6.54. The summed E-state index contributed by atoms with van der Waals surface area (Å²) in [5.41, 5.74) is 0. The van der Waals surface area contributed by atoms with E-state index in [2.05, 4.69) is 0 Å². The lowest BCUT2D eigenvalue weighted by molar-refractivity contribution is -0.129. The Kier molecular flexibility index (Phi) is 4.50. The molecule has 6 heteroatoms. The fraction of sp³-hybridized carbons (Fsp3) is 0.917. The molecule has 4 nitrogen and oxygen atoms in total. The summed E-state index contributed by atoms with van der Waals surface area (Å²) in [6, 6.07) is 0.197. The number of carbonyl (C=O) groups excluding carboxylic acids is 1. The van der Waals surface area contributed by atoms with Crippen molar-refractivity contribution in [1.29, 1.82) is 0 Å². The molecule has 1 heterocycles. The van der Waals surface area contributed by atoms with Crippen molar-refractivity contribution < 1.29 is 18.7 Å². The number of hydrogen-bond donors (Lipinski definition) is 1. The smallest absolute Gasteiger partial charge is 0.251 e. The number of aliphatic hydroxyl groups is 1. The monoisotopic (exact) mass is 262 g/mol. The topological polar surface area (TPSA) is 43.8 Å². The van der Waals surface area contributed by atoms with Crippen LogP contribution in [-0.4, -0.2) is 65.6 Å². The van der Waals surface area contributed by atoms with E-state index in [9.17, 15) is 18.7 Å². The molecule has 2 aliphatic rings. The van der Waals surface area contributed by atoms with E-state index in [-0.39, 0.29) is 31.6 Å². The van der Waals surface area contributed by atoms with E-state index >= 15 is 0 Å². The Morgan fingerprint density at radius 3 is 2.61 bits per heavy atom. The van der Waals surface area contributed by atoms with Crippen molar-refractivity contribution in [2.24, 2.45) is 0 Å². The molecular weight excluding hydrogens is 242 g/mol. The third kappa shape index (κ3) is 3.88. The maximum Gasteiger partial charge on any atom is 0.251 e. The second-order valence-electron chi connectivity index (χ2n) is 5.17. The van der Waals surface area contributed by atoms with Gasteiger partial charge in [0.1, 0.15) is 0 Å². The van der Waals surface area contributed by atoms with Crippen molar-refractivity contribution in [1.82, 2.24) is 9.80 Å². The average Bonchev–Trinajstić information content (AvgIpc) is 3.04. The van der Waals surface area contributed by atoms with E-state index in [1.54, 1.807) is 9.80 Å². The van der Waals surface area contributed by atoms with Crippen LogP contribution in [0.3, 0.4) is 0 Å². The molecule has 0 radical (unpaired) electrons. The molecule has 18 heavy (non-hydrogen) atoms. The van der Waals surface area contributed by atoms with Crippen LogP contribution < -0.4 is 0 Å². The molecule has 0 spiro atoms. The standard InChI is InChI=1S/C12H20F2N2O2/c13-11(14)8-16(9-3-4-9)7-10(17)6-15-5-1-2-12(15)18/h9-11,17H,1-8H2. The highest BCUT2D eigenvalue weighted by Crippen LogP contribution is 2.27. The van der Waals surface area contributed by atoms with Crippen LogP contribution in [0.15, 0.2) is 0 Å². The van der Waals surface area contributed by atoms with Gasteiger partial charge in [0, 0.05) is 32.1 Å². The highest BCUT2D eigenvalue weighted by molar-refractivity contribution is 5.78. The van der Waals surface area contributed by atoms with Gasteiger partial charge in [-0.1, -0.05) is 0 Å². The lowest BCUT2D eigenvalue weighted by Crippen LogP contribution is -2.43. The van der Waals surface area contributed by atoms with Gasteiger partial charge in [-0.25, -0.2) is 8.78 Å². The summed E-state index contributed by atoms with van der Waals surface area (Å²) in [4.78, 5) is 14.7. The molecule has 1 saturated carbocycles. The summed E-state index contributed by atoms with van der Waals surface area (Å²) in [5, 5.41) is 9.91. The second-order valence-corrected chi connectivity index (χ2v) is 5.17. The predicted molar refractivity (Wildman–Crippen MR) is 62.4 cm³/mol. The Morgan fingerprint density at radius 1 is 1.39 bits per heavy atom. The van der Waals surface area contributed by atoms with E-state index in [0.717, 1.165) is 19.3 Å². The minimum Gasteiger partial charge on any atom is -0.390 e. The van der Waals surface area contributed by atoms with Crippen molar-refractivity contribution >= 4 is 5.91 Å². The fourth-order valence-electron chi connectivity index (χ4n) is 2.47. The van der Waals surface area contributed by atoms with Gasteiger partial charge >= 0.3 is 0 Å². The van der Waals surface area contributed by atoms with E-state index in [0.29, 0.717) is 13.0 Å². The zero-order valence-corrected chi connectivity index (χ0v) is 10.4. The number of likely N-dealkylation sites (tertiary alicyclic amines) is 1. The number of nitrogens with zero attached hydrogens (tertiary/aromatic N) is 2. The minimum atomic E-state index is -2.37.